The molecule has 196 valence electrons. The molecule has 0 fully saturated rings. The molecule has 0 aliphatic rings. The van der Waals surface area contributed by atoms with Gasteiger partial charge >= 0.3 is 6.01 Å². The smallest absolute Gasteiger partial charge is 0.336 e. The van der Waals surface area contributed by atoms with Gasteiger partial charge in [0, 0.05) is 17.7 Å². The molecule has 5 rings (SSSR count). The highest BCUT2D eigenvalue weighted by atomic mass is 19.1. The van der Waals surface area contributed by atoms with E-state index in [1.807, 2.05) is 43.3 Å². The molecule has 39 heavy (non-hydrogen) atoms. The molecule has 4 aromatic carbocycles. The van der Waals surface area contributed by atoms with Crippen molar-refractivity contribution in [1.29, 1.82) is 0 Å². The summed E-state index contributed by atoms with van der Waals surface area (Å²) < 4.78 is 27.3. The fourth-order valence-electron chi connectivity index (χ4n) is 4.00. The standard InChI is InChI=1S/C31H27FN4O3/c1-21-7-11-23(12-8-21)30(37)33-24-13-15-25(16-14-24)36-29(27-5-3-4-6-28(27)32)34-31(35-36)39-20-19-22-9-17-26(38-2)18-10-22/h3-18H,19-20H2,1-2H3,(H,33,37). The molecule has 0 atom stereocenters. The molecule has 0 unspecified atom stereocenters. The van der Waals surface area contributed by atoms with E-state index in [1.165, 1.54) is 10.7 Å². The Balaban J connectivity index is 1.35. The zero-order valence-electron chi connectivity index (χ0n) is 21.6. The topological polar surface area (TPSA) is 78.3 Å². The molecule has 8 heteroatoms. The number of aromatic nitrogens is 3. The van der Waals surface area contributed by atoms with Gasteiger partial charge in [0.15, 0.2) is 5.82 Å². The van der Waals surface area contributed by atoms with Gasteiger partial charge in [-0.3, -0.25) is 4.79 Å². The maximum absolute atomic E-state index is 14.7. The van der Waals surface area contributed by atoms with Crippen molar-refractivity contribution in [2.24, 2.45) is 0 Å². The summed E-state index contributed by atoms with van der Waals surface area (Å²) in [5.74, 6) is 0.473. The van der Waals surface area contributed by atoms with Crippen molar-refractivity contribution in [1.82, 2.24) is 14.8 Å². The highest BCUT2D eigenvalue weighted by Gasteiger charge is 2.18. The summed E-state index contributed by atoms with van der Waals surface area (Å²) in [5.41, 5.74) is 4.28. The van der Waals surface area contributed by atoms with E-state index < -0.39 is 5.82 Å². The van der Waals surface area contributed by atoms with Gasteiger partial charge in [0.2, 0.25) is 0 Å². The number of benzene rings is 4. The third kappa shape index (κ3) is 6.13. The number of methoxy groups -OCH3 is 1. The fourth-order valence-corrected chi connectivity index (χ4v) is 4.00. The second kappa shape index (κ2) is 11.6. The molecular weight excluding hydrogens is 495 g/mol. The lowest BCUT2D eigenvalue weighted by atomic mass is 10.1. The summed E-state index contributed by atoms with van der Waals surface area (Å²) >= 11 is 0. The number of anilines is 1. The Labute approximate surface area is 225 Å². The van der Waals surface area contributed by atoms with Crippen molar-refractivity contribution in [3.05, 3.63) is 120 Å². The van der Waals surface area contributed by atoms with Crippen LogP contribution < -0.4 is 14.8 Å². The van der Waals surface area contributed by atoms with Crippen molar-refractivity contribution < 1.29 is 18.7 Å². The molecule has 0 aliphatic heterocycles. The summed E-state index contributed by atoms with van der Waals surface area (Å²) in [4.78, 5) is 17.1. The van der Waals surface area contributed by atoms with E-state index in [1.54, 1.807) is 61.7 Å². The molecule has 0 bridgehead atoms. The Morgan fingerprint density at radius 1 is 0.923 bits per heavy atom. The molecule has 7 nitrogen and oxygen atoms in total. The van der Waals surface area contributed by atoms with Gasteiger partial charge in [-0.15, -0.1) is 5.10 Å². The minimum Gasteiger partial charge on any atom is -0.497 e. The van der Waals surface area contributed by atoms with E-state index in [0.29, 0.717) is 41.4 Å². The Morgan fingerprint density at radius 3 is 2.33 bits per heavy atom. The van der Waals surface area contributed by atoms with Gasteiger partial charge in [-0.1, -0.05) is 42.0 Å². The largest absolute Gasteiger partial charge is 0.497 e. The lowest BCUT2D eigenvalue weighted by Crippen LogP contribution is -2.11. The number of nitrogens with zero attached hydrogens (tertiary/aromatic N) is 3. The number of ether oxygens (including phenoxy) is 2. The third-order valence-corrected chi connectivity index (χ3v) is 6.17. The van der Waals surface area contributed by atoms with Crippen LogP contribution in [-0.4, -0.2) is 34.4 Å². The maximum Gasteiger partial charge on any atom is 0.336 e. The van der Waals surface area contributed by atoms with Crippen molar-refractivity contribution in [3.8, 4) is 28.8 Å². The number of halogens is 1. The summed E-state index contributed by atoms with van der Waals surface area (Å²) in [6, 6.07) is 28.7. The quantitative estimate of drug-likeness (QED) is 0.247. The number of rotatable bonds is 9. The van der Waals surface area contributed by atoms with Gasteiger partial charge in [0.1, 0.15) is 11.6 Å². The summed E-state index contributed by atoms with van der Waals surface area (Å²) in [5, 5.41) is 7.40. The van der Waals surface area contributed by atoms with Crippen LogP contribution in [0.5, 0.6) is 11.8 Å². The zero-order chi connectivity index (χ0) is 27.2. The van der Waals surface area contributed by atoms with Gasteiger partial charge in [0.05, 0.1) is 25.0 Å². The van der Waals surface area contributed by atoms with Crippen LogP contribution in [0.1, 0.15) is 21.5 Å². The predicted octanol–water partition coefficient (Wildman–Crippen LogP) is 6.26. The van der Waals surface area contributed by atoms with Crippen molar-refractivity contribution in [2.45, 2.75) is 13.3 Å². The molecule has 0 spiro atoms. The number of amides is 1. The van der Waals surface area contributed by atoms with Crippen molar-refractivity contribution in [2.75, 3.05) is 19.0 Å². The van der Waals surface area contributed by atoms with Crippen LogP contribution in [0.4, 0.5) is 10.1 Å². The first-order chi connectivity index (χ1) is 19.0. The minimum absolute atomic E-state index is 0.138. The van der Waals surface area contributed by atoms with Crippen LogP contribution in [0.25, 0.3) is 17.1 Å². The molecule has 0 radical (unpaired) electrons. The summed E-state index contributed by atoms with van der Waals surface area (Å²) in [7, 11) is 1.63. The van der Waals surface area contributed by atoms with E-state index in [-0.39, 0.29) is 11.9 Å². The van der Waals surface area contributed by atoms with Crippen LogP contribution in [0.3, 0.4) is 0 Å². The van der Waals surface area contributed by atoms with Gasteiger partial charge < -0.3 is 14.8 Å². The summed E-state index contributed by atoms with van der Waals surface area (Å²) in [6.07, 6.45) is 0.642. The SMILES string of the molecule is COc1ccc(CCOc2nc(-c3ccccc3F)n(-c3ccc(NC(=O)c4ccc(C)cc4)cc3)n2)cc1. The number of nitrogens with one attached hydrogen (secondary N) is 1. The molecule has 1 N–H and O–H groups in total. The van der Waals surface area contributed by atoms with Crippen molar-refractivity contribution in [3.63, 3.8) is 0 Å². The Hall–Kier alpha value is -4.98. The van der Waals surface area contributed by atoms with Crippen LogP contribution in [0.2, 0.25) is 0 Å². The Bertz CT molecular complexity index is 1560. The average Bonchev–Trinajstić information content (AvgIpc) is 3.38. The highest BCUT2D eigenvalue weighted by molar-refractivity contribution is 6.04. The van der Waals surface area contributed by atoms with Gasteiger partial charge in [-0.25, -0.2) is 9.07 Å². The lowest BCUT2D eigenvalue weighted by molar-refractivity contribution is 0.102. The van der Waals surface area contributed by atoms with Gasteiger partial charge in [-0.05, 0) is 73.2 Å². The van der Waals surface area contributed by atoms with E-state index in [0.717, 1.165) is 16.9 Å². The van der Waals surface area contributed by atoms with Crippen LogP contribution in [-0.2, 0) is 6.42 Å². The zero-order valence-corrected chi connectivity index (χ0v) is 21.6. The second-order valence-corrected chi connectivity index (χ2v) is 8.92. The summed E-state index contributed by atoms with van der Waals surface area (Å²) in [6.45, 7) is 2.31. The second-order valence-electron chi connectivity index (χ2n) is 8.92. The molecule has 1 aromatic heterocycles. The first-order valence-corrected chi connectivity index (χ1v) is 12.5. The van der Waals surface area contributed by atoms with Crippen LogP contribution in [0, 0.1) is 12.7 Å². The molecule has 0 saturated carbocycles. The van der Waals surface area contributed by atoms with Crippen LogP contribution >= 0.6 is 0 Å². The monoisotopic (exact) mass is 522 g/mol. The van der Waals surface area contributed by atoms with E-state index in [9.17, 15) is 9.18 Å². The minimum atomic E-state index is -0.419. The molecule has 1 heterocycles. The predicted molar refractivity (Wildman–Crippen MR) is 148 cm³/mol. The number of hydrogen-bond acceptors (Lipinski definition) is 5. The number of aryl methyl sites for hydroxylation is 1. The Morgan fingerprint density at radius 2 is 1.64 bits per heavy atom. The van der Waals surface area contributed by atoms with Crippen LogP contribution in [0.15, 0.2) is 97.1 Å². The van der Waals surface area contributed by atoms with Gasteiger partial charge in [0.25, 0.3) is 5.91 Å². The maximum atomic E-state index is 14.7. The molecule has 0 aliphatic carbocycles. The number of hydrogen-bond donors (Lipinski definition) is 1. The third-order valence-electron chi connectivity index (χ3n) is 6.17. The van der Waals surface area contributed by atoms with E-state index in [4.69, 9.17) is 9.47 Å². The average molecular weight is 523 g/mol. The van der Waals surface area contributed by atoms with E-state index >= 15 is 0 Å². The van der Waals surface area contributed by atoms with Gasteiger partial charge in [-0.2, -0.15) is 4.98 Å². The fraction of sp³-hybridized carbons (Fsp3) is 0.129. The first-order valence-electron chi connectivity index (χ1n) is 12.5. The highest BCUT2D eigenvalue weighted by Crippen LogP contribution is 2.27. The normalized spacial score (nSPS) is 10.7. The van der Waals surface area contributed by atoms with E-state index in [2.05, 4.69) is 15.4 Å². The molecule has 1 amide bonds. The molecule has 5 aromatic rings. The Kier molecular flexibility index (Phi) is 7.63. The first kappa shape index (κ1) is 25.7. The number of carbonyl (C=O) groups is 1. The molecule has 0 saturated heterocycles. The lowest BCUT2D eigenvalue weighted by Gasteiger charge is -2.09. The molecular formula is C31H27FN4O3. The number of carbonyl (C=O) groups excluding carboxylic acids is 1. The van der Waals surface area contributed by atoms with Crippen molar-refractivity contribution >= 4 is 11.6 Å².